The van der Waals surface area contributed by atoms with Gasteiger partial charge in [-0.3, -0.25) is 14.5 Å². The molecule has 0 spiro atoms. The Morgan fingerprint density at radius 2 is 1.83 bits per heavy atom. The number of carbonyl (C=O) groups is 2. The van der Waals surface area contributed by atoms with Crippen molar-refractivity contribution in [3.63, 3.8) is 0 Å². The maximum atomic E-state index is 13.8. The summed E-state index contributed by atoms with van der Waals surface area (Å²) in [5, 5.41) is 4.33. The van der Waals surface area contributed by atoms with Crippen LogP contribution in [0, 0.1) is 0 Å². The van der Waals surface area contributed by atoms with E-state index in [1.807, 2.05) is 84.8 Å². The van der Waals surface area contributed by atoms with E-state index in [1.165, 1.54) is 4.90 Å². The minimum absolute atomic E-state index is 0.0510. The molecule has 1 aliphatic rings. The maximum absolute atomic E-state index is 13.8. The number of amides is 2. The number of anilines is 2. The van der Waals surface area contributed by atoms with Crippen LogP contribution in [0.2, 0.25) is 0 Å². The van der Waals surface area contributed by atoms with Gasteiger partial charge in [-0.25, -0.2) is 0 Å². The lowest BCUT2D eigenvalue weighted by atomic mass is 10.0. The van der Waals surface area contributed by atoms with E-state index in [2.05, 4.69) is 10.3 Å². The third-order valence-corrected chi connectivity index (χ3v) is 6.89. The van der Waals surface area contributed by atoms with Crippen LogP contribution in [0.25, 0.3) is 10.9 Å². The maximum Gasteiger partial charge on any atom is 0.256 e. The van der Waals surface area contributed by atoms with Gasteiger partial charge in [-0.1, -0.05) is 48.5 Å². The number of thiocarbonyl (C=S) groups is 1. The number of hydrogen-bond acceptors (Lipinski definition) is 4. The molecule has 1 fully saturated rings. The summed E-state index contributed by atoms with van der Waals surface area (Å²) in [7, 11) is 1.55. The van der Waals surface area contributed by atoms with Crippen LogP contribution >= 0.6 is 12.2 Å². The first-order valence-electron chi connectivity index (χ1n) is 11.7. The highest BCUT2D eigenvalue weighted by Crippen LogP contribution is 2.37. The number of H-pyrrole nitrogens is 1. The molecule has 0 radical (unpaired) electrons. The van der Waals surface area contributed by atoms with Crippen molar-refractivity contribution in [1.29, 1.82) is 0 Å². The molecule has 8 heteroatoms. The Hall–Kier alpha value is -4.17. The van der Waals surface area contributed by atoms with Gasteiger partial charge in [0.25, 0.3) is 5.91 Å². The van der Waals surface area contributed by atoms with Gasteiger partial charge >= 0.3 is 0 Å². The van der Waals surface area contributed by atoms with E-state index < -0.39 is 6.04 Å². The Bertz CT molecular complexity index is 1440. The summed E-state index contributed by atoms with van der Waals surface area (Å²) in [4.78, 5) is 33.5. The number of benzene rings is 3. The predicted molar refractivity (Wildman–Crippen MR) is 145 cm³/mol. The van der Waals surface area contributed by atoms with Crippen molar-refractivity contribution in [2.75, 3.05) is 17.3 Å². The van der Waals surface area contributed by atoms with Crippen LogP contribution in [0.15, 0.2) is 85.1 Å². The van der Waals surface area contributed by atoms with Crippen molar-refractivity contribution in [2.45, 2.75) is 25.4 Å². The monoisotopic (exact) mass is 498 g/mol. The van der Waals surface area contributed by atoms with Gasteiger partial charge in [0.1, 0.15) is 11.8 Å². The number of para-hydroxylation sites is 2. The van der Waals surface area contributed by atoms with Crippen molar-refractivity contribution >= 4 is 51.4 Å². The molecule has 1 aromatic heterocycles. The quantitative estimate of drug-likeness (QED) is 0.340. The topological polar surface area (TPSA) is 77.7 Å². The molecule has 5 rings (SSSR count). The first kappa shape index (κ1) is 23.6. The number of carbonyl (C=O) groups excluding carboxylic acids is 2. The van der Waals surface area contributed by atoms with Gasteiger partial charge < -0.3 is 19.9 Å². The Morgan fingerprint density at radius 3 is 2.61 bits per heavy atom. The van der Waals surface area contributed by atoms with E-state index in [1.54, 1.807) is 19.2 Å². The largest absolute Gasteiger partial charge is 0.495 e. The Balaban J connectivity index is 1.46. The number of nitrogens with one attached hydrogen (secondary N) is 2. The summed E-state index contributed by atoms with van der Waals surface area (Å²) in [6.07, 6.45) is 1.80. The van der Waals surface area contributed by atoms with Crippen molar-refractivity contribution in [3.8, 4) is 5.75 Å². The van der Waals surface area contributed by atoms with Crippen LogP contribution in [0.4, 0.5) is 11.4 Å². The fraction of sp³-hybridized carbons (Fsp3) is 0.179. The van der Waals surface area contributed by atoms with E-state index in [0.717, 1.165) is 16.5 Å². The molecule has 2 unspecified atom stereocenters. The first-order valence-corrected chi connectivity index (χ1v) is 12.1. The van der Waals surface area contributed by atoms with E-state index >= 15 is 0 Å². The smallest absolute Gasteiger partial charge is 0.256 e. The Morgan fingerprint density at radius 1 is 1.08 bits per heavy atom. The number of ether oxygens (including phenoxy) is 1. The SMILES string of the molecule is COc1ccccc1N1C(=O)C(CC(=O)Nc2ccc3cc[nH]c3c2)N(C(C)c2ccccc2)C1=S. The highest BCUT2D eigenvalue weighted by molar-refractivity contribution is 7.80. The highest BCUT2D eigenvalue weighted by Gasteiger charge is 2.47. The lowest BCUT2D eigenvalue weighted by molar-refractivity contribution is -0.124. The number of methoxy groups -OCH3 is 1. The summed E-state index contributed by atoms with van der Waals surface area (Å²) in [5.41, 5.74) is 3.14. The zero-order chi connectivity index (χ0) is 25.2. The van der Waals surface area contributed by atoms with Crippen LogP contribution in [-0.4, -0.2) is 40.0 Å². The number of rotatable bonds is 7. The number of nitrogens with zero attached hydrogens (tertiary/aromatic N) is 2. The molecule has 2 heterocycles. The zero-order valence-corrected chi connectivity index (χ0v) is 20.8. The fourth-order valence-corrected chi connectivity index (χ4v) is 5.15. The van der Waals surface area contributed by atoms with E-state index in [4.69, 9.17) is 17.0 Å². The lowest BCUT2D eigenvalue weighted by Crippen LogP contribution is -2.39. The Kier molecular flexibility index (Phi) is 6.43. The van der Waals surface area contributed by atoms with Crippen molar-refractivity contribution in [2.24, 2.45) is 0 Å². The molecule has 2 amide bonds. The van der Waals surface area contributed by atoms with Crippen molar-refractivity contribution in [1.82, 2.24) is 9.88 Å². The summed E-state index contributed by atoms with van der Waals surface area (Å²) in [6.45, 7) is 1.99. The minimum atomic E-state index is -0.771. The number of hydrogen-bond donors (Lipinski definition) is 2. The van der Waals surface area contributed by atoms with Crippen LogP contribution < -0.4 is 15.0 Å². The van der Waals surface area contributed by atoms with Gasteiger partial charge in [-0.15, -0.1) is 0 Å². The van der Waals surface area contributed by atoms with Gasteiger partial charge in [0.15, 0.2) is 5.11 Å². The summed E-state index contributed by atoms with van der Waals surface area (Å²) in [6, 6.07) is 23.7. The summed E-state index contributed by atoms with van der Waals surface area (Å²) >= 11 is 5.85. The van der Waals surface area contributed by atoms with Gasteiger partial charge in [0.2, 0.25) is 5.91 Å². The zero-order valence-electron chi connectivity index (χ0n) is 20.0. The average Bonchev–Trinajstić information content (AvgIpc) is 3.45. The van der Waals surface area contributed by atoms with Crippen LogP contribution in [0.5, 0.6) is 5.75 Å². The predicted octanol–water partition coefficient (Wildman–Crippen LogP) is 5.27. The molecule has 0 bridgehead atoms. The standard InChI is InChI=1S/C28H26N4O3S/c1-18(19-8-4-3-5-9-19)31-24(17-26(33)30-21-13-12-20-14-15-29-22(20)16-21)27(34)32(28(31)36)23-10-6-7-11-25(23)35-2/h3-16,18,24,29H,17H2,1-2H3,(H,30,33). The molecule has 182 valence electrons. The molecule has 7 nitrogen and oxygen atoms in total. The van der Waals surface area contributed by atoms with E-state index in [-0.39, 0.29) is 24.3 Å². The van der Waals surface area contributed by atoms with E-state index in [9.17, 15) is 9.59 Å². The molecule has 0 saturated carbocycles. The first-order chi connectivity index (χ1) is 17.5. The van der Waals surface area contributed by atoms with Gasteiger partial charge in [-0.05, 0) is 60.4 Å². The molecule has 2 N–H and O–H groups in total. The molecular formula is C28H26N4O3S. The van der Waals surface area contributed by atoms with Crippen LogP contribution in [-0.2, 0) is 9.59 Å². The number of aromatic amines is 1. The molecule has 3 aromatic carbocycles. The van der Waals surface area contributed by atoms with Crippen molar-refractivity contribution in [3.05, 3.63) is 90.6 Å². The third-order valence-electron chi connectivity index (χ3n) is 6.50. The van der Waals surface area contributed by atoms with Crippen LogP contribution in [0.1, 0.15) is 24.9 Å². The van der Waals surface area contributed by atoms with Gasteiger partial charge in [0.05, 0.1) is 25.3 Å². The number of fused-ring (bicyclic) bond motifs is 1. The second-order valence-corrected chi connectivity index (χ2v) is 9.03. The molecular weight excluding hydrogens is 472 g/mol. The Labute approximate surface area is 214 Å². The fourth-order valence-electron chi connectivity index (χ4n) is 4.67. The highest BCUT2D eigenvalue weighted by atomic mass is 32.1. The van der Waals surface area contributed by atoms with E-state index in [0.29, 0.717) is 22.2 Å². The molecule has 36 heavy (non-hydrogen) atoms. The third kappa shape index (κ3) is 4.31. The second kappa shape index (κ2) is 9.83. The normalized spacial score (nSPS) is 16.4. The average molecular weight is 499 g/mol. The number of aromatic nitrogens is 1. The van der Waals surface area contributed by atoms with Crippen molar-refractivity contribution < 1.29 is 14.3 Å². The molecule has 1 saturated heterocycles. The molecule has 1 aliphatic heterocycles. The summed E-state index contributed by atoms with van der Waals surface area (Å²) in [5.74, 6) is 0.00121. The lowest BCUT2D eigenvalue weighted by Gasteiger charge is -2.30. The molecule has 4 aromatic rings. The molecule has 2 atom stereocenters. The summed E-state index contributed by atoms with van der Waals surface area (Å²) < 4.78 is 5.50. The minimum Gasteiger partial charge on any atom is -0.495 e. The van der Waals surface area contributed by atoms with Crippen LogP contribution in [0.3, 0.4) is 0 Å². The second-order valence-electron chi connectivity index (χ2n) is 8.67. The van der Waals surface area contributed by atoms with Gasteiger partial charge in [-0.2, -0.15) is 0 Å². The van der Waals surface area contributed by atoms with Gasteiger partial charge in [0, 0.05) is 17.4 Å². The molecule has 0 aliphatic carbocycles.